The van der Waals surface area contributed by atoms with Crippen LogP contribution in [0.2, 0.25) is 0 Å². The van der Waals surface area contributed by atoms with Crippen LogP contribution in [0.15, 0.2) is 47.8 Å². The molecule has 0 aliphatic heterocycles. The van der Waals surface area contributed by atoms with Gasteiger partial charge in [-0.1, -0.05) is 24.3 Å². The van der Waals surface area contributed by atoms with Gasteiger partial charge in [0.05, 0.1) is 5.56 Å². The Labute approximate surface area is 126 Å². The molecule has 0 aliphatic carbocycles. The second-order valence-electron chi connectivity index (χ2n) is 4.80. The van der Waals surface area contributed by atoms with Crippen LogP contribution in [0.4, 0.5) is 0 Å². The minimum absolute atomic E-state index is 0.331. The molecular weight excluding hydrogens is 284 g/mol. The fourth-order valence-corrected chi connectivity index (χ4v) is 3.28. The van der Waals surface area contributed by atoms with Crippen LogP contribution in [0.5, 0.6) is 5.75 Å². The summed E-state index contributed by atoms with van der Waals surface area (Å²) in [7, 11) is 0. The molecule has 1 aromatic heterocycles. The van der Waals surface area contributed by atoms with Gasteiger partial charge >= 0.3 is 5.97 Å². The van der Waals surface area contributed by atoms with Gasteiger partial charge in [-0.15, -0.1) is 11.3 Å². The molecule has 0 aliphatic rings. The molecule has 3 rings (SSSR count). The molecule has 21 heavy (non-hydrogen) atoms. The standard InChI is InChI=1S/C17H14O3S/c1-11-5-2-3-7-14(11)20-9-12-10-21-15-8-4-6-13(16(12)15)17(18)19/h2-8,10H,9H2,1H3,(H,18,19). The molecule has 0 bridgehead atoms. The van der Waals surface area contributed by atoms with E-state index in [9.17, 15) is 9.90 Å². The molecule has 4 heteroatoms. The summed E-state index contributed by atoms with van der Waals surface area (Å²) in [5, 5.41) is 12.1. The van der Waals surface area contributed by atoms with Crippen molar-refractivity contribution in [1.82, 2.24) is 0 Å². The van der Waals surface area contributed by atoms with E-state index >= 15 is 0 Å². The summed E-state index contributed by atoms with van der Waals surface area (Å²) in [4.78, 5) is 11.4. The fourth-order valence-electron chi connectivity index (χ4n) is 2.31. The third-order valence-electron chi connectivity index (χ3n) is 3.38. The predicted octanol–water partition coefficient (Wildman–Crippen LogP) is 4.49. The van der Waals surface area contributed by atoms with E-state index < -0.39 is 5.97 Å². The molecule has 2 aromatic carbocycles. The van der Waals surface area contributed by atoms with E-state index in [0.29, 0.717) is 12.2 Å². The van der Waals surface area contributed by atoms with Crippen LogP contribution in [0.3, 0.4) is 0 Å². The van der Waals surface area contributed by atoms with Gasteiger partial charge in [0.1, 0.15) is 12.4 Å². The zero-order valence-corrected chi connectivity index (χ0v) is 12.3. The number of hydrogen-bond donors (Lipinski definition) is 1. The highest BCUT2D eigenvalue weighted by molar-refractivity contribution is 7.17. The van der Waals surface area contributed by atoms with Gasteiger partial charge in [-0.05, 0) is 36.1 Å². The lowest BCUT2D eigenvalue weighted by Gasteiger charge is -2.09. The quantitative estimate of drug-likeness (QED) is 0.772. The number of hydrogen-bond acceptors (Lipinski definition) is 3. The summed E-state index contributed by atoms with van der Waals surface area (Å²) >= 11 is 1.54. The Balaban J connectivity index is 1.95. The number of aromatic carboxylic acids is 1. The number of thiophene rings is 1. The van der Waals surface area contributed by atoms with Crippen molar-refractivity contribution in [2.24, 2.45) is 0 Å². The van der Waals surface area contributed by atoms with Gasteiger partial charge < -0.3 is 9.84 Å². The summed E-state index contributed by atoms with van der Waals surface area (Å²) in [6, 6.07) is 13.1. The Morgan fingerprint density at radius 1 is 1.19 bits per heavy atom. The predicted molar refractivity (Wildman–Crippen MR) is 84.3 cm³/mol. The van der Waals surface area contributed by atoms with Crippen LogP contribution in [0.25, 0.3) is 10.1 Å². The van der Waals surface area contributed by atoms with Crippen LogP contribution in [-0.2, 0) is 6.61 Å². The zero-order chi connectivity index (χ0) is 14.8. The normalized spacial score (nSPS) is 10.7. The number of carboxylic acids is 1. The van der Waals surface area contributed by atoms with Crippen LogP contribution in [-0.4, -0.2) is 11.1 Å². The van der Waals surface area contributed by atoms with Crippen molar-refractivity contribution in [1.29, 1.82) is 0 Å². The highest BCUT2D eigenvalue weighted by Crippen LogP contribution is 2.30. The van der Waals surface area contributed by atoms with E-state index in [-0.39, 0.29) is 0 Å². The molecule has 0 atom stereocenters. The average Bonchev–Trinajstić information content (AvgIpc) is 2.89. The first-order valence-corrected chi connectivity index (χ1v) is 7.45. The van der Waals surface area contributed by atoms with Crippen molar-refractivity contribution in [2.75, 3.05) is 0 Å². The van der Waals surface area contributed by atoms with Gasteiger partial charge in [0.2, 0.25) is 0 Å². The van der Waals surface area contributed by atoms with Crippen molar-refractivity contribution in [2.45, 2.75) is 13.5 Å². The summed E-state index contributed by atoms with van der Waals surface area (Å²) in [5.74, 6) is -0.0826. The number of fused-ring (bicyclic) bond motifs is 1. The van der Waals surface area contributed by atoms with Crippen molar-refractivity contribution >= 4 is 27.4 Å². The van der Waals surface area contributed by atoms with E-state index in [4.69, 9.17) is 4.74 Å². The lowest BCUT2D eigenvalue weighted by molar-refractivity contribution is 0.0699. The lowest BCUT2D eigenvalue weighted by Crippen LogP contribution is -2.00. The van der Waals surface area contributed by atoms with E-state index in [1.165, 1.54) is 0 Å². The molecule has 0 spiro atoms. The summed E-state index contributed by atoms with van der Waals surface area (Å²) in [6.07, 6.45) is 0. The first-order chi connectivity index (χ1) is 10.2. The molecule has 3 nitrogen and oxygen atoms in total. The maximum Gasteiger partial charge on any atom is 0.336 e. The summed E-state index contributed by atoms with van der Waals surface area (Å²) in [5.41, 5.74) is 2.31. The minimum Gasteiger partial charge on any atom is -0.489 e. The number of rotatable bonds is 4. The van der Waals surface area contributed by atoms with Crippen molar-refractivity contribution < 1.29 is 14.6 Å². The van der Waals surface area contributed by atoms with Crippen LogP contribution in [0.1, 0.15) is 21.5 Å². The number of para-hydroxylation sites is 1. The molecule has 0 saturated heterocycles. The van der Waals surface area contributed by atoms with Crippen molar-refractivity contribution in [3.8, 4) is 5.75 Å². The van der Waals surface area contributed by atoms with E-state index in [1.54, 1.807) is 23.5 Å². The Morgan fingerprint density at radius 3 is 2.76 bits per heavy atom. The fraction of sp³-hybridized carbons (Fsp3) is 0.118. The van der Waals surface area contributed by atoms with Crippen molar-refractivity contribution in [3.05, 3.63) is 64.5 Å². The molecule has 0 fully saturated rings. The molecule has 106 valence electrons. The molecule has 1 N–H and O–H groups in total. The maximum absolute atomic E-state index is 11.4. The molecular formula is C17H14O3S. The van der Waals surface area contributed by atoms with Crippen molar-refractivity contribution in [3.63, 3.8) is 0 Å². The highest BCUT2D eigenvalue weighted by Gasteiger charge is 2.14. The first kappa shape index (κ1) is 13.6. The van der Waals surface area contributed by atoms with Gasteiger partial charge in [-0.2, -0.15) is 0 Å². The number of carbonyl (C=O) groups is 1. The first-order valence-electron chi connectivity index (χ1n) is 6.57. The molecule has 3 aromatic rings. The summed E-state index contributed by atoms with van der Waals surface area (Å²) < 4.78 is 6.81. The maximum atomic E-state index is 11.4. The minimum atomic E-state index is -0.906. The Morgan fingerprint density at radius 2 is 2.00 bits per heavy atom. The molecule has 0 saturated carbocycles. The highest BCUT2D eigenvalue weighted by atomic mass is 32.1. The van der Waals surface area contributed by atoms with Gasteiger partial charge in [0, 0.05) is 15.6 Å². The molecule has 0 unspecified atom stereocenters. The summed E-state index contributed by atoms with van der Waals surface area (Å²) in [6.45, 7) is 2.36. The van der Waals surface area contributed by atoms with Gasteiger partial charge in [0.15, 0.2) is 0 Å². The second-order valence-corrected chi connectivity index (χ2v) is 5.71. The van der Waals surface area contributed by atoms with E-state index in [2.05, 4.69) is 0 Å². The Hall–Kier alpha value is -2.33. The number of benzene rings is 2. The topological polar surface area (TPSA) is 46.5 Å². The molecule has 0 radical (unpaired) electrons. The third-order valence-corrected chi connectivity index (χ3v) is 4.38. The van der Waals surface area contributed by atoms with Gasteiger partial charge in [-0.25, -0.2) is 4.79 Å². The van der Waals surface area contributed by atoms with E-state index in [0.717, 1.165) is 27.0 Å². The van der Waals surface area contributed by atoms with Crippen LogP contribution in [0, 0.1) is 6.92 Å². The Bertz CT molecular complexity index is 805. The third kappa shape index (κ3) is 2.62. The van der Waals surface area contributed by atoms with Crippen LogP contribution < -0.4 is 4.74 Å². The van der Waals surface area contributed by atoms with E-state index in [1.807, 2.05) is 42.6 Å². The number of ether oxygens (including phenoxy) is 1. The average molecular weight is 298 g/mol. The number of aryl methyl sites for hydroxylation is 1. The Kier molecular flexibility index (Phi) is 3.62. The van der Waals surface area contributed by atoms with Gasteiger partial charge in [-0.3, -0.25) is 0 Å². The monoisotopic (exact) mass is 298 g/mol. The SMILES string of the molecule is Cc1ccccc1OCc1csc2cccc(C(=O)O)c12. The smallest absolute Gasteiger partial charge is 0.336 e. The van der Waals surface area contributed by atoms with Crippen LogP contribution >= 0.6 is 11.3 Å². The second kappa shape index (κ2) is 5.58. The number of carboxylic acid groups (broad SMARTS) is 1. The zero-order valence-electron chi connectivity index (χ0n) is 11.5. The lowest BCUT2D eigenvalue weighted by atomic mass is 10.1. The molecule has 1 heterocycles. The van der Waals surface area contributed by atoms with Gasteiger partial charge in [0.25, 0.3) is 0 Å². The molecule has 0 amide bonds. The largest absolute Gasteiger partial charge is 0.489 e.